The lowest BCUT2D eigenvalue weighted by Gasteiger charge is -2.16. The number of amides is 1. The maximum atomic E-state index is 11.9. The third kappa shape index (κ3) is 4.31. The topological polar surface area (TPSA) is 77.5 Å². The van der Waals surface area contributed by atoms with Gasteiger partial charge in [0.25, 0.3) is 0 Å². The molecule has 0 aliphatic carbocycles. The SMILES string of the molecule is COC(=O)C(NC(=O)OCc1ccccc1)c1ccncc1. The number of carbonyl (C=O) groups is 2. The molecule has 1 aromatic heterocycles. The summed E-state index contributed by atoms with van der Waals surface area (Å²) in [7, 11) is 1.26. The van der Waals surface area contributed by atoms with Crippen LogP contribution in [0.1, 0.15) is 17.2 Å². The summed E-state index contributed by atoms with van der Waals surface area (Å²) >= 11 is 0. The number of nitrogens with one attached hydrogen (secondary N) is 1. The van der Waals surface area contributed by atoms with Crippen molar-refractivity contribution in [2.45, 2.75) is 12.6 Å². The van der Waals surface area contributed by atoms with Gasteiger partial charge in [-0.25, -0.2) is 9.59 Å². The molecular weight excluding hydrogens is 284 g/mol. The van der Waals surface area contributed by atoms with E-state index in [2.05, 4.69) is 10.3 Å². The number of pyridine rings is 1. The molecule has 1 unspecified atom stereocenters. The van der Waals surface area contributed by atoms with E-state index in [0.717, 1.165) is 5.56 Å². The molecule has 6 heteroatoms. The number of rotatable bonds is 5. The molecule has 0 radical (unpaired) electrons. The van der Waals surface area contributed by atoms with Gasteiger partial charge in [0.2, 0.25) is 0 Å². The number of benzene rings is 1. The molecule has 2 aromatic rings. The van der Waals surface area contributed by atoms with Gasteiger partial charge in [0.05, 0.1) is 7.11 Å². The first-order valence-corrected chi connectivity index (χ1v) is 6.65. The van der Waals surface area contributed by atoms with Gasteiger partial charge >= 0.3 is 12.1 Å². The molecule has 22 heavy (non-hydrogen) atoms. The number of ether oxygens (including phenoxy) is 2. The van der Waals surface area contributed by atoms with Crippen molar-refractivity contribution >= 4 is 12.1 Å². The fourth-order valence-electron chi connectivity index (χ4n) is 1.83. The monoisotopic (exact) mass is 300 g/mol. The highest BCUT2D eigenvalue weighted by molar-refractivity contribution is 5.82. The molecule has 114 valence electrons. The quantitative estimate of drug-likeness (QED) is 0.857. The molecule has 0 aliphatic rings. The molecule has 6 nitrogen and oxygen atoms in total. The van der Waals surface area contributed by atoms with E-state index in [4.69, 9.17) is 9.47 Å². The van der Waals surface area contributed by atoms with E-state index >= 15 is 0 Å². The van der Waals surface area contributed by atoms with E-state index in [1.165, 1.54) is 19.5 Å². The number of carbonyl (C=O) groups excluding carboxylic acids is 2. The molecule has 1 atom stereocenters. The minimum atomic E-state index is -0.934. The molecule has 1 heterocycles. The third-order valence-corrected chi connectivity index (χ3v) is 2.95. The predicted octanol–water partition coefficient (Wildman–Crippen LogP) is 2.22. The van der Waals surface area contributed by atoms with E-state index in [1.54, 1.807) is 12.1 Å². The van der Waals surface area contributed by atoms with Crippen LogP contribution < -0.4 is 5.32 Å². The van der Waals surface area contributed by atoms with Crippen molar-refractivity contribution in [2.75, 3.05) is 7.11 Å². The minimum absolute atomic E-state index is 0.122. The van der Waals surface area contributed by atoms with Crippen molar-refractivity contribution in [2.24, 2.45) is 0 Å². The molecule has 1 aromatic carbocycles. The van der Waals surface area contributed by atoms with E-state index in [0.29, 0.717) is 5.56 Å². The highest BCUT2D eigenvalue weighted by Gasteiger charge is 2.24. The van der Waals surface area contributed by atoms with E-state index < -0.39 is 18.1 Å². The zero-order valence-corrected chi connectivity index (χ0v) is 12.1. The average Bonchev–Trinajstić information content (AvgIpc) is 2.59. The third-order valence-electron chi connectivity index (χ3n) is 2.95. The van der Waals surface area contributed by atoms with Crippen LogP contribution in [0.2, 0.25) is 0 Å². The summed E-state index contributed by atoms with van der Waals surface area (Å²) in [4.78, 5) is 27.5. The van der Waals surface area contributed by atoms with Crippen LogP contribution in [0, 0.1) is 0 Å². The van der Waals surface area contributed by atoms with Crippen molar-refractivity contribution < 1.29 is 19.1 Å². The van der Waals surface area contributed by atoms with Gasteiger partial charge in [0.15, 0.2) is 6.04 Å². The lowest BCUT2D eigenvalue weighted by Crippen LogP contribution is -2.34. The van der Waals surface area contributed by atoms with Crippen molar-refractivity contribution in [3.63, 3.8) is 0 Å². The Hall–Kier alpha value is -2.89. The van der Waals surface area contributed by atoms with Gasteiger partial charge in [-0.05, 0) is 23.3 Å². The lowest BCUT2D eigenvalue weighted by atomic mass is 10.1. The summed E-state index contributed by atoms with van der Waals surface area (Å²) in [6.45, 7) is 0.122. The molecule has 1 N–H and O–H groups in total. The summed E-state index contributed by atoms with van der Waals surface area (Å²) in [5.74, 6) is -0.581. The highest BCUT2D eigenvalue weighted by atomic mass is 16.6. The zero-order valence-electron chi connectivity index (χ0n) is 12.1. The second kappa shape index (κ2) is 7.78. The molecule has 0 fully saturated rings. The maximum absolute atomic E-state index is 11.9. The number of nitrogens with zero attached hydrogens (tertiary/aromatic N) is 1. The van der Waals surface area contributed by atoms with Crippen LogP contribution in [0.3, 0.4) is 0 Å². The Bertz CT molecular complexity index is 617. The number of hydrogen-bond acceptors (Lipinski definition) is 5. The minimum Gasteiger partial charge on any atom is -0.467 e. The first-order valence-electron chi connectivity index (χ1n) is 6.65. The summed E-state index contributed by atoms with van der Waals surface area (Å²) in [6, 6.07) is 11.6. The van der Waals surface area contributed by atoms with Gasteiger partial charge in [-0.2, -0.15) is 0 Å². The van der Waals surface area contributed by atoms with Crippen molar-refractivity contribution in [3.8, 4) is 0 Å². The fourth-order valence-corrected chi connectivity index (χ4v) is 1.83. The van der Waals surface area contributed by atoms with Gasteiger partial charge in [-0.15, -0.1) is 0 Å². The largest absolute Gasteiger partial charge is 0.467 e. The van der Waals surface area contributed by atoms with Crippen LogP contribution >= 0.6 is 0 Å². The summed E-state index contributed by atoms with van der Waals surface area (Å²) < 4.78 is 9.80. The standard InChI is InChI=1S/C16H16N2O4/c1-21-15(19)14(13-7-9-17-10-8-13)18-16(20)22-11-12-5-3-2-4-6-12/h2-10,14H,11H2,1H3,(H,18,20). The van der Waals surface area contributed by atoms with Crippen LogP contribution in [0.5, 0.6) is 0 Å². The first-order chi connectivity index (χ1) is 10.7. The molecule has 0 spiro atoms. The lowest BCUT2D eigenvalue weighted by molar-refractivity contribution is -0.143. The second-order valence-electron chi connectivity index (χ2n) is 4.44. The van der Waals surface area contributed by atoms with Crippen LogP contribution in [0.25, 0.3) is 0 Å². The summed E-state index contributed by atoms with van der Waals surface area (Å²) in [5.41, 5.74) is 1.43. The Morgan fingerprint density at radius 2 is 1.82 bits per heavy atom. The Balaban J connectivity index is 1.98. The zero-order chi connectivity index (χ0) is 15.8. The molecule has 1 amide bonds. The second-order valence-corrected chi connectivity index (χ2v) is 4.44. The van der Waals surface area contributed by atoms with Crippen LogP contribution in [0.4, 0.5) is 4.79 Å². The number of alkyl carbamates (subject to hydrolysis) is 1. The Morgan fingerprint density at radius 1 is 1.14 bits per heavy atom. The molecular formula is C16H16N2O4. The van der Waals surface area contributed by atoms with Crippen LogP contribution in [-0.4, -0.2) is 24.2 Å². The van der Waals surface area contributed by atoms with Crippen LogP contribution in [0.15, 0.2) is 54.9 Å². The molecule has 0 bridgehead atoms. The Morgan fingerprint density at radius 3 is 2.45 bits per heavy atom. The normalized spacial score (nSPS) is 11.3. The number of methoxy groups -OCH3 is 1. The van der Waals surface area contributed by atoms with E-state index in [9.17, 15) is 9.59 Å². The Labute approximate surface area is 128 Å². The number of aromatic nitrogens is 1. The molecule has 2 rings (SSSR count). The van der Waals surface area contributed by atoms with Crippen molar-refractivity contribution in [3.05, 3.63) is 66.0 Å². The fraction of sp³-hybridized carbons (Fsp3) is 0.188. The summed E-state index contributed by atoms with van der Waals surface area (Å²) in [6.07, 6.45) is 2.36. The smallest absolute Gasteiger partial charge is 0.408 e. The van der Waals surface area contributed by atoms with Gasteiger partial charge < -0.3 is 14.8 Å². The molecule has 0 aliphatic heterocycles. The predicted molar refractivity (Wildman–Crippen MR) is 78.8 cm³/mol. The molecule has 0 saturated heterocycles. The molecule has 0 saturated carbocycles. The van der Waals surface area contributed by atoms with Gasteiger partial charge in [-0.1, -0.05) is 30.3 Å². The number of hydrogen-bond donors (Lipinski definition) is 1. The van der Waals surface area contributed by atoms with Crippen LogP contribution in [-0.2, 0) is 20.9 Å². The Kier molecular flexibility index (Phi) is 5.48. The van der Waals surface area contributed by atoms with Crippen molar-refractivity contribution in [1.82, 2.24) is 10.3 Å². The van der Waals surface area contributed by atoms with Gasteiger partial charge in [0.1, 0.15) is 6.61 Å². The first kappa shape index (κ1) is 15.5. The highest BCUT2D eigenvalue weighted by Crippen LogP contribution is 2.13. The van der Waals surface area contributed by atoms with Gasteiger partial charge in [0, 0.05) is 12.4 Å². The number of esters is 1. The van der Waals surface area contributed by atoms with Crippen molar-refractivity contribution in [1.29, 1.82) is 0 Å². The summed E-state index contributed by atoms with van der Waals surface area (Å²) in [5, 5.41) is 2.49. The van der Waals surface area contributed by atoms with E-state index in [-0.39, 0.29) is 6.61 Å². The van der Waals surface area contributed by atoms with E-state index in [1.807, 2.05) is 30.3 Å². The maximum Gasteiger partial charge on any atom is 0.408 e. The average molecular weight is 300 g/mol. The van der Waals surface area contributed by atoms with Gasteiger partial charge in [-0.3, -0.25) is 4.98 Å².